The highest BCUT2D eigenvalue weighted by Crippen LogP contribution is 2.34. The van der Waals surface area contributed by atoms with Crippen LogP contribution in [0.15, 0.2) is 73.1 Å². The monoisotopic (exact) mass is 445 g/mol. The van der Waals surface area contributed by atoms with Crippen LogP contribution in [0.1, 0.15) is 0 Å². The predicted octanol–water partition coefficient (Wildman–Crippen LogP) is 5.46. The van der Waals surface area contributed by atoms with E-state index in [0.29, 0.717) is 15.6 Å². The highest BCUT2D eigenvalue weighted by Gasteiger charge is 2.16. The van der Waals surface area contributed by atoms with Gasteiger partial charge in [0, 0.05) is 16.0 Å². The molecule has 3 aromatic heterocycles. The summed E-state index contributed by atoms with van der Waals surface area (Å²) in [5.74, 6) is 0. The number of nitrogens with one attached hydrogen (secondary N) is 1. The van der Waals surface area contributed by atoms with E-state index in [-0.39, 0.29) is 0 Å². The second-order valence-corrected chi connectivity index (χ2v) is 7.92. The van der Waals surface area contributed by atoms with E-state index in [9.17, 15) is 0 Å². The van der Waals surface area contributed by atoms with Crippen LogP contribution in [0.4, 0.5) is 0 Å². The second kappa shape index (κ2) is 6.94. The van der Waals surface area contributed by atoms with Gasteiger partial charge in [-0.3, -0.25) is 5.10 Å². The molecule has 0 amide bonds. The number of H-pyrrole nitrogens is 1. The molecule has 0 aliphatic heterocycles. The van der Waals surface area contributed by atoms with Gasteiger partial charge in [0.15, 0.2) is 0 Å². The number of fused-ring (bicyclic) bond motifs is 2. The van der Waals surface area contributed by atoms with E-state index in [1.807, 2.05) is 65.3 Å². The lowest BCUT2D eigenvalue weighted by atomic mass is 10.1. The molecule has 6 aromatic rings. The molecule has 31 heavy (non-hydrogen) atoms. The first-order chi connectivity index (χ1) is 15.2. The Bertz CT molecular complexity index is 1580. The second-order valence-electron chi connectivity index (χ2n) is 7.07. The van der Waals surface area contributed by atoms with Crippen molar-refractivity contribution in [1.29, 1.82) is 0 Å². The molecule has 0 bridgehead atoms. The maximum Gasteiger partial charge on any atom is 0.115 e. The highest BCUT2D eigenvalue weighted by atomic mass is 35.5. The van der Waals surface area contributed by atoms with E-state index >= 15 is 0 Å². The molecule has 0 atom stereocenters. The van der Waals surface area contributed by atoms with Crippen molar-refractivity contribution in [2.75, 3.05) is 0 Å². The van der Waals surface area contributed by atoms with Gasteiger partial charge in [0.05, 0.1) is 45.5 Å². The maximum atomic E-state index is 6.65. The largest absolute Gasteiger partial charge is 0.278 e. The van der Waals surface area contributed by atoms with Gasteiger partial charge in [-0.15, -0.1) is 5.10 Å². The fraction of sp³-hybridized carbons (Fsp3) is 0. The molecule has 1 N–H and O–H groups in total. The van der Waals surface area contributed by atoms with Crippen molar-refractivity contribution in [3.8, 4) is 22.6 Å². The fourth-order valence-electron chi connectivity index (χ4n) is 3.71. The van der Waals surface area contributed by atoms with E-state index < -0.39 is 0 Å². The first-order valence-electron chi connectivity index (χ1n) is 9.46. The summed E-state index contributed by atoms with van der Waals surface area (Å²) in [7, 11) is 0. The average molecular weight is 446 g/mol. The Morgan fingerprint density at radius 1 is 0.871 bits per heavy atom. The van der Waals surface area contributed by atoms with Gasteiger partial charge in [0.2, 0.25) is 0 Å². The van der Waals surface area contributed by atoms with Crippen molar-refractivity contribution in [3.63, 3.8) is 0 Å². The SMILES string of the molecule is Clc1cccc(-n2nccc2-c2cc3c(cc2Cl)nnn3-c2ccc3cn[nH]c3c2)c1. The van der Waals surface area contributed by atoms with Crippen molar-refractivity contribution in [2.24, 2.45) is 0 Å². The minimum Gasteiger partial charge on any atom is -0.278 e. The molecule has 0 radical (unpaired) electrons. The molecule has 0 spiro atoms. The van der Waals surface area contributed by atoms with Gasteiger partial charge in [0.25, 0.3) is 0 Å². The van der Waals surface area contributed by atoms with Crippen LogP contribution < -0.4 is 0 Å². The van der Waals surface area contributed by atoms with Crippen molar-refractivity contribution in [3.05, 3.63) is 83.1 Å². The zero-order chi connectivity index (χ0) is 20.9. The minimum absolute atomic E-state index is 0.562. The molecule has 9 heteroatoms. The quantitative estimate of drug-likeness (QED) is 0.392. The number of halogens is 2. The molecule has 3 heterocycles. The summed E-state index contributed by atoms with van der Waals surface area (Å²) in [6.45, 7) is 0. The van der Waals surface area contributed by atoms with Crippen molar-refractivity contribution >= 4 is 45.1 Å². The molecule has 7 nitrogen and oxygen atoms in total. The molecule has 0 unspecified atom stereocenters. The number of hydrogen-bond acceptors (Lipinski definition) is 4. The van der Waals surface area contributed by atoms with Gasteiger partial charge >= 0.3 is 0 Å². The van der Waals surface area contributed by atoms with Gasteiger partial charge in [-0.05, 0) is 54.6 Å². The van der Waals surface area contributed by atoms with Crippen LogP contribution in [-0.2, 0) is 0 Å². The number of rotatable bonds is 3. The van der Waals surface area contributed by atoms with Gasteiger partial charge in [0.1, 0.15) is 5.52 Å². The first kappa shape index (κ1) is 18.1. The van der Waals surface area contributed by atoms with Gasteiger partial charge < -0.3 is 0 Å². The van der Waals surface area contributed by atoms with Crippen molar-refractivity contribution in [1.82, 2.24) is 35.0 Å². The molecule has 0 fully saturated rings. The van der Waals surface area contributed by atoms with Gasteiger partial charge in [-0.1, -0.05) is 34.5 Å². The van der Waals surface area contributed by atoms with Crippen molar-refractivity contribution < 1.29 is 0 Å². The molecule has 0 saturated carbocycles. The Hall–Kier alpha value is -3.68. The summed E-state index contributed by atoms with van der Waals surface area (Å²) in [4.78, 5) is 0. The summed E-state index contributed by atoms with van der Waals surface area (Å²) in [5.41, 5.74) is 5.83. The van der Waals surface area contributed by atoms with Crippen LogP contribution in [-0.4, -0.2) is 35.0 Å². The summed E-state index contributed by atoms with van der Waals surface area (Å²) in [5, 5.41) is 22.4. The molecule has 150 valence electrons. The summed E-state index contributed by atoms with van der Waals surface area (Å²) in [6, 6.07) is 19.2. The number of hydrogen-bond donors (Lipinski definition) is 1. The molecular weight excluding hydrogens is 433 g/mol. The maximum absolute atomic E-state index is 6.65. The van der Waals surface area contributed by atoms with Gasteiger partial charge in [-0.25, -0.2) is 9.36 Å². The first-order valence-corrected chi connectivity index (χ1v) is 10.2. The summed E-state index contributed by atoms with van der Waals surface area (Å²) < 4.78 is 3.60. The van der Waals surface area contributed by atoms with E-state index in [1.54, 1.807) is 17.1 Å². The van der Waals surface area contributed by atoms with Crippen LogP contribution in [0.3, 0.4) is 0 Å². The molecule has 3 aromatic carbocycles. The lowest BCUT2D eigenvalue weighted by Gasteiger charge is -2.10. The third-order valence-electron chi connectivity index (χ3n) is 5.18. The molecule has 0 saturated heterocycles. The van der Waals surface area contributed by atoms with Crippen LogP contribution in [0, 0.1) is 0 Å². The average Bonchev–Trinajstić information content (AvgIpc) is 3.51. The number of aromatic amines is 1. The third-order valence-corrected chi connectivity index (χ3v) is 5.72. The Balaban J connectivity index is 1.54. The van der Waals surface area contributed by atoms with E-state index in [4.69, 9.17) is 23.2 Å². The molecule has 0 aliphatic carbocycles. The molecular formula is C22H13Cl2N7. The van der Waals surface area contributed by atoms with Gasteiger partial charge in [-0.2, -0.15) is 10.2 Å². The molecule has 0 aliphatic rings. The molecule has 6 rings (SSSR count). The number of benzene rings is 3. The fourth-order valence-corrected chi connectivity index (χ4v) is 4.15. The van der Waals surface area contributed by atoms with E-state index in [0.717, 1.165) is 39.1 Å². The van der Waals surface area contributed by atoms with Crippen LogP contribution in [0.2, 0.25) is 10.0 Å². The van der Waals surface area contributed by atoms with Crippen LogP contribution in [0.25, 0.3) is 44.6 Å². The zero-order valence-electron chi connectivity index (χ0n) is 15.9. The highest BCUT2D eigenvalue weighted by molar-refractivity contribution is 6.34. The Morgan fingerprint density at radius 3 is 2.68 bits per heavy atom. The van der Waals surface area contributed by atoms with Crippen LogP contribution >= 0.6 is 23.2 Å². The number of nitrogens with zero attached hydrogens (tertiary/aromatic N) is 6. The zero-order valence-corrected chi connectivity index (χ0v) is 17.4. The third kappa shape index (κ3) is 2.98. The Morgan fingerprint density at radius 2 is 1.77 bits per heavy atom. The smallest absolute Gasteiger partial charge is 0.115 e. The van der Waals surface area contributed by atoms with Crippen LogP contribution in [0.5, 0.6) is 0 Å². The predicted molar refractivity (Wildman–Crippen MR) is 121 cm³/mol. The summed E-state index contributed by atoms with van der Waals surface area (Å²) in [6.07, 6.45) is 3.52. The Kier molecular flexibility index (Phi) is 4.05. The minimum atomic E-state index is 0.562. The summed E-state index contributed by atoms with van der Waals surface area (Å²) >= 11 is 12.8. The van der Waals surface area contributed by atoms with E-state index in [2.05, 4.69) is 25.6 Å². The Labute approximate surface area is 185 Å². The standard InChI is InChI=1S/C22H13Cl2N7/c23-14-2-1-3-15(8-14)30-21(6-7-26-30)17-10-22-20(11-18(17)24)28-29-31(22)16-5-4-13-12-25-27-19(13)9-16/h1-12H,(H,25,27). The topological polar surface area (TPSA) is 77.2 Å². The number of aromatic nitrogens is 7. The van der Waals surface area contributed by atoms with Crippen molar-refractivity contribution in [2.45, 2.75) is 0 Å². The normalized spacial score (nSPS) is 11.5. The lowest BCUT2D eigenvalue weighted by Crippen LogP contribution is -2.00. The lowest BCUT2D eigenvalue weighted by molar-refractivity contribution is 0.824. The van der Waals surface area contributed by atoms with E-state index in [1.165, 1.54) is 0 Å².